The van der Waals surface area contributed by atoms with Crippen LogP contribution in [-0.4, -0.2) is 0 Å². The third kappa shape index (κ3) is 3.91. The third-order valence-electron chi connectivity index (χ3n) is 3.60. The van der Waals surface area contributed by atoms with Gasteiger partial charge < -0.3 is 5.32 Å². The molecule has 1 nitrogen and oxygen atoms in total. The van der Waals surface area contributed by atoms with E-state index in [1.54, 1.807) is 12.1 Å². The summed E-state index contributed by atoms with van der Waals surface area (Å²) in [7, 11) is 0. The summed E-state index contributed by atoms with van der Waals surface area (Å²) < 4.78 is 13.1. The number of rotatable bonds is 5. The summed E-state index contributed by atoms with van der Waals surface area (Å²) >= 11 is 0. The molecule has 0 heterocycles. The van der Waals surface area contributed by atoms with Gasteiger partial charge in [0.2, 0.25) is 0 Å². The van der Waals surface area contributed by atoms with E-state index in [0.717, 1.165) is 5.56 Å². The first-order valence-corrected chi connectivity index (χ1v) is 7.14. The van der Waals surface area contributed by atoms with Crippen LogP contribution in [0.1, 0.15) is 49.4 Å². The van der Waals surface area contributed by atoms with Crippen molar-refractivity contribution >= 4 is 0 Å². The van der Waals surface area contributed by atoms with E-state index in [1.165, 1.54) is 17.2 Å². The zero-order chi connectivity index (χ0) is 14.5. The average Bonchev–Trinajstić information content (AvgIpc) is 2.45. The lowest BCUT2D eigenvalue weighted by Crippen LogP contribution is -2.18. The Hall–Kier alpha value is -1.67. The second-order valence-electron chi connectivity index (χ2n) is 5.55. The summed E-state index contributed by atoms with van der Waals surface area (Å²) in [4.78, 5) is 0. The highest BCUT2D eigenvalue weighted by Gasteiger charge is 2.06. The SMILES string of the molecule is CC(C)c1ccc(C(C)NCc2cccc(F)c2)cc1. The number of hydrogen-bond acceptors (Lipinski definition) is 1. The third-order valence-corrected chi connectivity index (χ3v) is 3.60. The summed E-state index contributed by atoms with van der Waals surface area (Å²) in [6.45, 7) is 7.19. The molecule has 0 aliphatic heterocycles. The van der Waals surface area contributed by atoms with E-state index < -0.39 is 0 Å². The van der Waals surface area contributed by atoms with Gasteiger partial charge in [-0.2, -0.15) is 0 Å². The Bertz CT molecular complexity index is 546. The van der Waals surface area contributed by atoms with Crippen LogP contribution < -0.4 is 5.32 Å². The molecule has 2 aromatic rings. The maximum absolute atomic E-state index is 13.1. The van der Waals surface area contributed by atoms with E-state index >= 15 is 0 Å². The van der Waals surface area contributed by atoms with E-state index in [4.69, 9.17) is 0 Å². The van der Waals surface area contributed by atoms with Crippen LogP contribution in [0.2, 0.25) is 0 Å². The van der Waals surface area contributed by atoms with Crippen LogP contribution in [0.25, 0.3) is 0 Å². The molecule has 0 amide bonds. The highest BCUT2D eigenvalue weighted by Crippen LogP contribution is 2.19. The molecule has 0 aliphatic rings. The zero-order valence-electron chi connectivity index (χ0n) is 12.4. The molecular formula is C18H22FN. The lowest BCUT2D eigenvalue weighted by molar-refractivity contribution is 0.569. The molecule has 0 aliphatic carbocycles. The lowest BCUT2D eigenvalue weighted by Gasteiger charge is -2.15. The quantitative estimate of drug-likeness (QED) is 0.823. The molecule has 0 radical (unpaired) electrons. The fourth-order valence-corrected chi connectivity index (χ4v) is 2.21. The Balaban J connectivity index is 1.96. The van der Waals surface area contributed by atoms with Gasteiger partial charge in [-0.25, -0.2) is 4.39 Å². The van der Waals surface area contributed by atoms with Crippen molar-refractivity contribution in [1.29, 1.82) is 0 Å². The van der Waals surface area contributed by atoms with Gasteiger partial charge in [-0.05, 0) is 41.7 Å². The summed E-state index contributed by atoms with van der Waals surface area (Å²) in [5.74, 6) is 0.373. The molecule has 106 valence electrons. The van der Waals surface area contributed by atoms with E-state index in [2.05, 4.69) is 50.4 Å². The molecule has 0 spiro atoms. The Morgan fingerprint density at radius 2 is 1.60 bits per heavy atom. The van der Waals surface area contributed by atoms with E-state index in [9.17, 15) is 4.39 Å². The highest BCUT2D eigenvalue weighted by molar-refractivity contribution is 5.26. The normalized spacial score (nSPS) is 12.7. The average molecular weight is 271 g/mol. The first-order valence-electron chi connectivity index (χ1n) is 7.14. The second kappa shape index (κ2) is 6.67. The van der Waals surface area contributed by atoms with Crippen molar-refractivity contribution in [3.63, 3.8) is 0 Å². The Labute approximate surface area is 120 Å². The predicted octanol–water partition coefficient (Wildman–Crippen LogP) is 4.80. The van der Waals surface area contributed by atoms with Crippen LogP contribution in [-0.2, 0) is 6.54 Å². The molecule has 2 heteroatoms. The van der Waals surface area contributed by atoms with Gasteiger partial charge in [-0.3, -0.25) is 0 Å². The molecule has 1 atom stereocenters. The van der Waals surface area contributed by atoms with Crippen molar-refractivity contribution in [3.8, 4) is 0 Å². The minimum absolute atomic E-state index is 0.182. The Morgan fingerprint density at radius 3 is 2.20 bits per heavy atom. The minimum atomic E-state index is -0.182. The van der Waals surface area contributed by atoms with Crippen molar-refractivity contribution in [2.24, 2.45) is 0 Å². The van der Waals surface area contributed by atoms with Crippen molar-refractivity contribution < 1.29 is 4.39 Å². The van der Waals surface area contributed by atoms with Crippen LogP contribution in [0.3, 0.4) is 0 Å². The lowest BCUT2D eigenvalue weighted by atomic mass is 9.99. The van der Waals surface area contributed by atoms with Crippen molar-refractivity contribution in [1.82, 2.24) is 5.32 Å². The van der Waals surface area contributed by atoms with Gasteiger partial charge in [0, 0.05) is 12.6 Å². The monoisotopic (exact) mass is 271 g/mol. The first kappa shape index (κ1) is 14.7. The minimum Gasteiger partial charge on any atom is -0.306 e. The molecule has 1 N–H and O–H groups in total. The first-order chi connectivity index (χ1) is 9.56. The maximum Gasteiger partial charge on any atom is 0.123 e. The topological polar surface area (TPSA) is 12.0 Å². The van der Waals surface area contributed by atoms with Crippen molar-refractivity contribution in [3.05, 3.63) is 71.0 Å². The number of hydrogen-bond donors (Lipinski definition) is 1. The summed E-state index contributed by atoms with van der Waals surface area (Å²) in [5, 5.41) is 3.42. The number of nitrogens with one attached hydrogen (secondary N) is 1. The summed E-state index contributed by atoms with van der Waals surface area (Å²) in [6.07, 6.45) is 0. The Kier molecular flexibility index (Phi) is 4.91. The smallest absolute Gasteiger partial charge is 0.123 e. The Morgan fingerprint density at radius 1 is 0.950 bits per heavy atom. The van der Waals surface area contributed by atoms with Gasteiger partial charge in [0.25, 0.3) is 0 Å². The molecule has 2 rings (SSSR count). The van der Waals surface area contributed by atoms with Gasteiger partial charge >= 0.3 is 0 Å². The fraction of sp³-hybridized carbons (Fsp3) is 0.333. The van der Waals surface area contributed by atoms with Crippen LogP contribution in [0, 0.1) is 5.82 Å². The van der Waals surface area contributed by atoms with Gasteiger partial charge in [0.15, 0.2) is 0 Å². The van der Waals surface area contributed by atoms with Crippen LogP contribution in [0.5, 0.6) is 0 Å². The molecule has 1 unspecified atom stereocenters. The molecule has 0 saturated heterocycles. The van der Waals surface area contributed by atoms with Gasteiger partial charge in [0.1, 0.15) is 5.82 Å². The molecule has 0 saturated carbocycles. The van der Waals surface area contributed by atoms with Gasteiger partial charge in [-0.1, -0.05) is 50.2 Å². The molecule has 0 bridgehead atoms. The molecule has 0 fully saturated rings. The van der Waals surface area contributed by atoms with E-state index in [0.29, 0.717) is 12.5 Å². The van der Waals surface area contributed by atoms with E-state index in [-0.39, 0.29) is 11.9 Å². The largest absolute Gasteiger partial charge is 0.306 e. The number of benzene rings is 2. The van der Waals surface area contributed by atoms with Gasteiger partial charge in [-0.15, -0.1) is 0 Å². The molecular weight excluding hydrogens is 249 g/mol. The zero-order valence-corrected chi connectivity index (χ0v) is 12.4. The number of halogens is 1. The van der Waals surface area contributed by atoms with Gasteiger partial charge in [0.05, 0.1) is 0 Å². The van der Waals surface area contributed by atoms with Crippen molar-refractivity contribution in [2.75, 3.05) is 0 Å². The molecule has 20 heavy (non-hydrogen) atoms. The second-order valence-corrected chi connectivity index (χ2v) is 5.55. The summed E-state index contributed by atoms with van der Waals surface area (Å²) in [6, 6.07) is 15.7. The van der Waals surface area contributed by atoms with Crippen LogP contribution in [0.15, 0.2) is 48.5 Å². The van der Waals surface area contributed by atoms with Crippen LogP contribution in [0.4, 0.5) is 4.39 Å². The maximum atomic E-state index is 13.1. The van der Waals surface area contributed by atoms with Crippen molar-refractivity contribution in [2.45, 2.75) is 39.3 Å². The summed E-state index contributed by atoms with van der Waals surface area (Å²) in [5.41, 5.74) is 3.58. The van der Waals surface area contributed by atoms with E-state index in [1.807, 2.05) is 6.07 Å². The fourth-order valence-electron chi connectivity index (χ4n) is 2.21. The van der Waals surface area contributed by atoms with Crippen LogP contribution >= 0.6 is 0 Å². The standard InChI is InChI=1S/C18H22FN/c1-13(2)16-7-9-17(10-8-16)14(3)20-12-15-5-4-6-18(19)11-15/h4-11,13-14,20H,12H2,1-3H3. The highest BCUT2D eigenvalue weighted by atomic mass is 19.1. The molecule has 2 aromatic carbocycles. The molecule has 0 aromatic heterocycles. The predicted molar refractivity (Wildman–Crippen MR) is 82.2 cm³/mol.